The Labute approximate surface area is 150 Å². The van der Waals surface area contributed by atoms with Gasteiger partial charge in [0.1, 0.15) is 0 Å². The monoisotopic (exact) mass is 372 g/mol. The molecule has 1 aliphatic heterocycles. The molecule has 0 aromatic heterocycles. The van der Waals surface area contributed by atoms with Gasteiger partial charge in [0.05, 0.1) is 11.5 Å². The lowest BCUT2D eigenvalue weighted by Crippen LogP contribution is -2.33. The third-order valence-corrected chi connectivity index (χ3v) is 4.18. The van der Waals surface area contributed by atoms with Gasteiger partial charge in [-0.1, -0.05) is 12.1 Å². The Hall–Kier alpha value is -2.09. The average Bonchev–Trinajstić information content (AvgIpc) is 2.95. The van der Waals surface area contributed by atoms with E-state index in [9.17, 15) is 22.8 Å². The number of likely N-dealkylation sites (tertiary alicyclic amines) is 1. The zero-order valence-electron chi connectivity index (χ0n) is 14.6. The van der Waals surface area contributed by atoms with Gasteiger partial charge in [-0.2, -0.15) is 13.2 Å². The molecule has 0 aliphatic carbocycles. The summed E-state index contributed by atoms with van der Waals surface area (Å²) in [5.41, 5.74) is -0.351. The lowest BCUT2D eigenvalue weighted by molar-refractivity contribution is -0.137. The maximum absolute atomic E-state index is 12.8. The van der Waals surface area contributed by atoms with Crippen molar-refractivity contribution in [2.75, 3.05) is 26.3 Å². The van der Waals surface area contributed by atoms with Crippen molar-refractivity contribution in [3.63, 3.8) is 0 Å². The Kier molecular flexibility index (Phi) is 7.02. The van der Waals surface area contributed by atoms with Crippen LogP contribution >= 0.6 is 0 Å². The molecule has 26 heavy (non-hydrogen) atoms. The van der Waals surface area contributed by atoms with Crippen LogP contribution in [-0.2, 0) is 27.0 Å². The Bertz CT molecular complexity index is 634. The number of amides is 2. The van der Waals surface area contributed by atoms with E-state index >= 15 is 0 Å². The molecule has 1 saturated heterocycles. The second-order valence-electron chi connectivity index (χ2n) is 6.21. The molecule has 2 amide bonds. The number of nitrogens with zero attached hydrogens (tertiary/aromatic N) is 1. The fourth-order valence-electron chi connectivity index (χ4n) is 2.84. The van der Waals surface area contributed by atoms with Gasteiger partial charge >= 0.3 is 6.18 Å². The number of hydrogen-bond donors (Lipinski definition) is 1. The Morgan fingerprint density at radius 3 is 2.85 bits per heavy atom. The first kappa shape index (κ1) is 20.2. The van der Waals surface area contributed by atoms with Crippen LogP contribution in [0.15, 0.2) is 24.3 Å². The first-order chi connectivity index (χ1) is 12.3. The van der Waals surface area contributed by atoms with Gasteiger partial charge in [0.2, 0.25) is 11.8 Å². The van der Waals surface area contributed by atoms with E-state index in [0.29, 0.717) is 31.7 Å². The highest BCUT2D eigenvalue weighted by molar-refractivity contribution is 5.89. The number of halogens is 3. The first-order valence-corrected chi connectivity index (χ1v) is 8.60. The minimum absolute atomic E-state index is 0.0663. The summed E-state index contributed by atoms with van der Waals surface area (Å²) in [6, 6.07) is 4.90. The predicted octanol–water partition coefficient (Wildman–Crippen LogP) is 2.60. The molecule has 1 N–H and O–H groups in total. The Morgan fingerprint density at radius 2 is 2.15 bits per heavy atom. The van der Waals surface area contributed by atoms with Crippen LogP contribution in [0.4, 0.5) is 13.2 Å². The lowest BCUT2D eigenvalue weighted by Gasteiger charge is -2.17. The van der Waals surface area contributed by atoms with E-state index < -0.39 is 17.7 Å². The highest BCUT2D eigenvalue weighted by Gasteiger charge is 2.35. The smallest absolute Gasteiger partial charge is 0.382 e. The Morgan fingerprint density at radius 1 is 1.38 bits per heavy atom. The molecule has 1 atom stereocenters. The summed E-state index contributed by atoms with van der Waals surface area (Å²) < 4.78 is 43.5. The van der Waals surface area contributed by atoms with E-state index in [4.69, 9.17) is 4.74 Å². The number of carbonyl (C=O) groups is 2. The summed E-state index contributed by atoms with van der Waals surface area (Å²) in [6.07, 6.45) is -3.65. The van der Waals surface area contributed by atoms with E-state index in [-0.39, 0.29) is 31.3 Å². The van der Waals surface area contributed by atoms with E-state index in [1.165, 1.54) is 11.0 Å². The normalized spacial score (nSPS) is 17.6. The van der Waals surface area contributed by atoms with Crippen LogP contribution < -0.4 is 5.32 Å². The molecule has 1 fully saturated rings. The van der Waals surface area contributed by atoms with Crippen LogP contribution in [0.3, 0.4) is 0 Å². The van der Waals surface area contributed by atoms with Gasteiger partial charge in [-0.15, -0.1) is 0 Å². The number of ether oxygens (including phenoxy) is 1. The molecule has 0 radical (unpaired) electrons. The second kappa shape index (κ2) is 9.02. The van der Waals surface area contributed by atoms with Crippen LogP contribution in [0.5, 0.6) is 0 Å². The topological polar surface area (TPSA) is 58.6 Å². The van der Waals surface area contributed by atoms with Gasteiger partial charge < -0.3 is 15.0 Å². The minimum atomic E-state index is -4.42. The van der Waals surface area contributed by atoms with E-state index in [1.54, 1.807) is 6.07 Å². The van der Waals surface area contributed by atoms with Crippen molar-refractivity contribution < 1.29 is 27.5 Å². The molecule has 1 aromatic carbocycles. The average molecular weight is 372 g/mol. The van der Waals surface area contributed by atoms with Gasteiger partial charge in [-0.05, 0) is 31.0 Å². The molecule has 144 valence electrons. The van der Waals surface area contributed by atoms with Crippen molar-refractivity contribution in [1.29, 1.82) is 0 Å². The van der Waals surface area contributed by atoms with Crippen molar-refractivity contribution >= 4 is 11.8 Å². The maximum atomic E-state index is 12.8. The highest BCUT2D eigenvalue weighted by Crippen LogP contribution is 2.30. The van der Waals surface area contributed by atoms with Crippen molar-refractivity contribution in [2.45, 2.75) is 32.5 Å². The molecule has 0 spiro atoms. The summed E-state index contributed by atoms with van der Waals surface area (Å²) in [4.78, 5) is 25.7. The van der Waals surface area contributed by atoms with Crippen LogP contribution in [-0.4, -0.2) is 43.0 Å². The zero-order valence-corrected chi connectivity index (χ0v) is 14.6. The van der Waals surface area contributed by atoms with Crippen LogP contribution in [0.1, 0.15) is 30.9 Å². The minimum Gasteiger partial charge on any atom is -0.382 e. The Balaban J connectivity index is 1.87. The van der Waals surface area contributed by atoms with E-state index in [0.717, 1.165) is 12.1 Å². The molecule has 5 nitrogen and oxygen atoms in total. The van der Waals surface area contributed by atoms with Crippen LogP contribution in [0, 0.1) is 5.92 Å². The third kappa shape index (κ3) is 5.72. The molecule has 1 aromatic rings. The van der Waals surface area contributed by atoms with Gasteiger partial charge in [-0.3, -0.25) is 9.59 Å². The number of nitrogens with one attached hydrogen (secondary N) is 1. The first-order valence-electron chi connectivity index (χ1n) is 8.60. The number of carbonyl (C=O) groups excluding carboxylic acids is 2. The zero-order chi connectivity index (χ0) is 19.2. The van der Waals surface area contributed by atoms with E-state index in [1.807, 2.05) is 6.92 Å². The quantitative estimate of drug-likeness (QED) is 0.714. The number of hydrogen-bond acceptors (Lipinski definition) is 3. The van der Waals surface area contributed by atoms with Gasteiger partial charge in [0, 0.05) is 39.3 Å². The second-order valence-corrected chi connectivity index (χ2v) is 6.21. The van der Waals surface area contributed by atoms with Crippen LogP contribution in [0.2, 0.25) is 0 Å². The molecule has 1 aliphatic rings. The molecule has 2 rings (SSSR count). The highest BCUT2D eigenvalue weighted by atomic mass is 19.4. The van der Waals surface area contributed by atoms with Crippen molar-refractivity contribution in [1.82, 2.24) is 10.2 Å². The number of benzene rings is 1. The molecular formula is C18H23F3N2O3. The molecule has 0 bridgehead atoms. The molecule has 1 heterocycles. The molecule has 0 saturated carbocycles. The standard InChI is InChI=1S/C18H23F3N2O3/c1-2-26-8-4-7-22-17(25)14-10-16(24)23(12-14)11-13-5-3-6-15(9-13)18(19,20)21/h3,5-6,9,14H,2,4,7-8,10-12H2,1H3,(H,22,25)/t14-/m0/s1. The van der Waals surface area contributed by atoms with Gasteiger partial charge in [-0.25, -0.2) is 0 Å². The summed E-state index contributed by atoms with van der Waals surface area (Å²) in [5, 5.41) is 2.77. The van der Waals surface area contributed by atoms with E-state index in [2.05, 4.69) is 5.32 Å². The van der Waals surface area contributed by atoms with Gasteiger partial charge in [0.25, 0.3) is 0 Å². The number of alkyl halides is 3. The summed E-state index contributed by atoms with van der Waals surface area (Å²) >= 11 is 0. The molecular weight excluding hydrogens is 349 g/mol. The SMILES string of the molecule is CCOCCCNC(=O)[C@H]1CC(=O)N(Cc2cccc(C(F)(F)F)c2)C1. The lowest BCUT2D eigenvalue weighted by atomic mass is 10.1. The fourth-order valence-corrected chi connectivity index (χ4v) is 2.84. The summed E-state index contributed by atoms with van der Waals surface area (Å²) in [5.74, 6) is -0.904. The summed E-state index contributed by atoms with van der Waals surface area (Å²) in [6.45, 7) is 3.82. The summed E-state index contributed by atoms with van der Waals surface area (Å²) in [7, 11) is 0. The van der Waals surface area contributed by atoms with Gasteiger partial charge in [0.15, 0.2) is 0 Å². The largest absolute Gasteiger partial charge is 0.416 e. The predicted molar refractivity (Wildman–Crippen MR) is 89.1 cm³/mol. The van der Waals surface area contributed by atoms with Crippen LogP contribution in [0.25, 0.3) is 0 Å². The fraction of sp³-hybridized carbons (Fsp3) is 0.556. The van der Waals surface area contributed by atoms with Crippen molar-refractivity contribution in [3.8, 4) is 0 Å². The molecule has 0 unspecified atom stereocenters. The van der Waals surface area contributed by atoms with Crippen molar-refractivity contribution in [3.05, 3.63) is 35.4 Å². The third-order valence-electron chi connectivity index (χ3n) is 4.18. The van der Waals surface area contributed by atoms with Crippen molar-refractivity contribution in [2.24, 2.45) is 5.92 Å². The molecule has 8 heteroatoms. The number of rotatable bonds is 8. The maximum Gasteiger partial charge on any atom is 0.416 e.